The minimum absolute atomic E-state index is 0.0865. The molecule has 0 amide bonds. The first-order valence-corrected chi connectivity index (χ1v) is 6.49. The molecule has 1 unspecified atom stereocenters. The molecule has 2 aromatic heterocycles. The molecule has 2 rings (SSSR count). The summed E-state index contributed by atoms with van der Waals surface area (Å²) >= 11 is 0. The van der Waals surface area contributed by atoms with Crippen LogP contribution in [0.15, 0.2) is 34.9 Å². The summed E-state index contributed by atoms with van der Waals surface area (Å²) < 4.78 is 5.84. The maximum atomic E-state index is 5.84. The molecule has 0 saturated heterocycles. The van der Waals surface area contributed by atoms with Gasteiger partial charge in [-0.05, 0) is 37.2 Å². The highest BCUT2D eigenvalue weighted by atomic mass is 16.3. The molecule has 0 saturated carbocycles. The van der Waals surface area contributed by atoms with E-state index < -0.39 is 0 Å². The molecule has 0 aliphatic rings. The number of hydrogen-bond acceptors (Lipinski definition) is 3. The minimum Gasteiger partial charge on any atom is -0.464 e. The normalized spacial score (nSPS) is 12.6. The van der Waals surface area contributed by atoms with Crippen LogP contribution in [0.3, 0.4) is 0 Å². The summed E-state index contributed by atoms with van der Waals surface area (Å²) in [6.45, 7) is 7.07. The summed E-state index contributed by atoms with van der Waals surface area (Å²) in [5.74, 6) is 1.98. The van der Waals surface area contributed by atoms with E-state index in [1.54, 1.807) is 0 Å². The predicted octanol–water partition coefficient (Wildman–Crippen LogP) is 3.24. The number of hydrogen-bond donors (Lipinski definition) is 1. The zero-order chi connectivity index (χ0) is 13.0. The largest absolute Gasteiger partial charge is 0.464 e. The van der Waals surface area contributed by atoms with Crippen molar-refractivity contribution in [1.29, 1.82) is 0 Å². The van der Waals surface area contributed by atoms with E-state index in [-0.39, 0.29) is 6.04 Å². The standard InChI is InChI=1S/C15H20N2O/c1-4-13-8-9-14(18-13)15(16-5-2)12-7-6-11(3)17-10-12/h6-10,15-16H,4-5H2,1-3H3. The van der Waals surface area contributed by atoms with Crippen molar-refractivity contribution >= 4 is 0 Å². The van der Waals surface area contributed by atoms with E-state index in [0.29, 0.717) is 0 Å². The second kappa shape index (κ2) is 5.83. The highest BCUT2D eigenvalue weighted by molar-refractivity contribution is 5.26. The molecule has 2 aromatic rings. The Balaban J connectivity index is 2.29. The lowest BCUT2D eigenvalue weighted by Crippen LogP contribution is -2.21. The molecule has 3 nitrogen and oxygen atoms in total. The van der Waals surface area contributed by atoms with Gasteiger partial charge in [0, 0.05) is 18.3 Å². The molecule has 0 fully saturated rings. The molecule has 2 heterocycles. The number of aryl methyl sites for hydroxylation is 2. The second-order valence-electron chi connectivity index (χ2n) is 4.38. The van der Waals surface area contributed by atoms with Gasteiger partial charge in [0.15, 0.2) is 0 Å². The fourth-order valence-electron chi connectivity index (χ4n) is 1.98. The van der Waals surface area contributed by atoms with E-state index in [1.807, 2.05) is 31.3 Å². The average molecular weight is 244 g/mol. The van der Waals surface area contributed by atoms with Gasteiger partial charge in [0.05, 0.1) is 6.04 Å². The van der Waals surface area contributed by atoms with Crippen LogP contribution >= 0.6 is 0 Å². The van der Waals surface area contributed by atoms with Crippen molar-refractivity contribution in [1.82, 2.24) is 10.3 Å². The Morgan fingerprint density at radius 2 is 2.06 bits per heavy atom. The van der Waals surface area contributed by atoms with Crippen molar-refractivity contribution in [2.75, 3.05) is 6.54 Å². The molecule has 0 spiro atoms. The van der Waals surface area contributed by atoms with Crippen LogP contribution in [0.1, 0.15) is 42.7 Å². The Hall–Kier alpha value is -1.61. The third kappa shape index (κ3) is 2.79. The van der Waals surface area contributed by atoms with Crippen LogP contribution in [0.5, 0.6) is 0 Å². The Morgan fingerprint density at radius 1 is 1.22 bits per heavy atom. The number of rotatable bonds is 5. The summed E-state index contributed by atoms with van der Waals surface area (Å²) in [7, 11) is 0. The average Bonchev–Trinajstić information content (AvgIpc) is 2.86. The van der Waals surface area contributed by atoms with Crippen molar-refractivity contribution in [3.63, 3.8) is 0 Å². The van der Waals surface area contributed by atoms with Crippen LogP contribution < -0.4 is 5.32 Å². The number of pyridine rings is 1. The van der Waals surface area contributed by atoms with E-state index in [4.69, 9.17) is 4.42 Å². The molecule has 0 aliphatic heterocycles. The summed E-state index contributed by atoms with van der Waals surface area (Å²) in [6, 6.07) is 8.31. The van der Waals surface area contributed by atoms with Gasteiger partial charge < -0.3 is 9.73 Å². The summed E-state index contributed by atoms with van der Waals surface area (Å²) in [5, 5.41) is 3.44. The fraction of sp³-hybridized carbons (Fsp3) is 0.400. The van der Waals surface area contributed by atoms with Crippen molar-refractivity contribution in [2.24, 2.45) is 0 Å². The van der Waals surface area contributed by atoms with Gasteiger partial charge in [0.1, 0.15) is 11.5 Å². The third-order valence-corrected chi connectivity index (χ3v) is 2.99. The third-order valence-electron chi connectivity index (χ3n) is 2.99. The summed E-state index contributed by atoms with van der Waals surface area (Å²) in [4.78, 5) is 4.35. The van der Waals surface area contributed by atoms with Crippen molar-refractivity contribution < 1.29 is 4.42 Å². The highest BCUT2D eigenvalue weighted by Gasteiger charge is 2.16. The molecule has 18 heavy (non-hydrogen) atoms. The Labute approximate surface area is 108 Å². The van der Waals surface area contributed by atoms with Gasteiger partial charge >= 0.3 is 0 Å². The Bertz CT molecular complexity index is 487. The summed E-state index contributed by atoms with van der Waals surface area (Å²) in [5.41, 5.74) is 2.17. The van der Waals surface area contributed by atoms with Gasteiger partial charge in [-0.3, -0.25) is 4.98 Å². The quantitative estimate of drug-likeness (QED) is 0.877. The summed E-state index contributed by atoms with van der Waals surface area (Å²) in [6.07, 6.45) is 2.84. The topological polar surface area (TPSA) is 38.1 Å². The van der Waals surface area contributed by atoms with Crippen LogP contribution in [0.25, 0.3) is 0 Å². The lowest BCUT2D eigenvalue weighted by molar-refractivity contribution is 0.425. The van der Waals surface area contributed by atoms with Crippen molar-refractivity contribution in [3.8, 4) is 0 Å². The monoisotopic (exact) mass is 244 g/mol. The van der Waals surface area contributed by atoms with Gasteiger partial charge in [-0.15, -0.1) is 0 Å². The Kier molecular flexibility index (Phi) is 4.15. The highest BCUT2D eigenvalue weighted by Crippen LogP contribution is 2.23. The van der Waals surface area contributed by atoms with E-state index in [2.05, 4.69) is 30.2 Å². The van der Waals surface area contributed by atoms with Crippen LogP contribution in [-0.4, -0.2) is 11.5 Å². The van der Waals surface area contributed by atoms with Gasteiger partial charge in [-0.25, -0.2) is 0 Å². The zero-order valence-corrected chi connectivity index (χ0v) is 11.2. The lowest BCUT2D eigenvalue weighted by atomic mass is 10.1. The SMILES string of the molecule is CCNC(c1ccc(C)nc1)c1ccc(CC)o1. The van der Waals surface area contributed by atoms with E-state index in [9.17, 15) is 0 Å². The van der Waals surface area contributed by atoms with Crippen LogP contribution in [-0.2, 0) is 6.42 Å². The maximum absolute atomic E-state index is 5.84. The smallest absolute Gasteiger partial charge is 0.125 e. The number of aromatic nitrogens is 1. The van der Waals surface area contributed by atoms with Gasteiger partial charge in [-0.2, -0.15) is 0 Å². The fourth-order valence-corrected chi connectivity index (χ4v) is 1.98. The molecular formula is C15H20N2O. The molecule has 0 aliphatic carbocycles. The van der Waals surface area contributed by atoms with Gasteiger partial charge in [0.25, 0.3) is 0 Å². The number of nitrogens with one attached hydrogen (secondary N) is 1. The van der Waals surface area contributed by atoms with Crippen molar-refractivity contribution in [2.45, 2.75) is 33.2 Å². The molecule has 3 heteroatoms. The van der Waals surface area contributed by atoms with Crippen molar-refractivity contribution in [3.05, 3.63) is 53.2 Å². The lowest BCUT2D eigenvalue weighted by Gasteiger charge is -2.15. The Morgan fingerprint density at radius 3 is 2.61 bits per heavy atom. The van der Waals surface area contributed by atoms with Crippen LogP contribution in [0.4, 0.5) is 0 Å². The van der Waals surface area contributed by atoms with Gasteiger partial charge in [0.2, 0.25) is 0 Å². The van der Waals surface area contributed by atoms with Crippen LogP contribution in [0, 0.1) is 6.92 Å². The maximum Gasteiger partial charge on any atom is 0.125 e. The van der Waals surface area contributed by atoms with E-state index >= 15 is 0 Å². The van der Waals surface area contributed by atoms with Gasteiger partial charge in [-0.1, -0.05) is 19.9 Å². The van der Waals surface area contributed by atoms with E-state index in [0.717, 1.165) is 35.7 Å². The predicted molar refractivity (Wildman–Crippen MR) is 72.6 cm³/mol. The molecule has 0 aromatic carbocycles. The van der Waals surface area contributed by atoms with E-state index in [1.165, 1.54) is 0 Å². The second-order valence-corrected chi connectivity index (χ2v) is 4.38. The zero-order valence-electron chi connectivity index (χ0n) is 11.2. The number of furan rings is 1. The first-order chi connectivity index (χ1) is 8.74. The molecule has 96 valence electrons. The first kappa shape index (κ1) is 12.8. The molecule has 1 N–H and O–H groups in total. The molecule has 0 bridgehead atoms. The first-order valence-electron chi connectivity index (χ1n) is 6.49. The van der Waals surface area contributed by atoms with Crippen LogP contribution in [0.2, 0.25) is 0 Å². The molecule has 1 atom stereocenters. The molecule has 0 radical (unpaired) electrons. The minimum atomic E-state index is 0.0865. The number of nitrogens with zero attached hydrogens (tertiary/aromatic N) is 1. The molecular weight excluding hydrogens is 224 g/mol.